The lowest BCUT2D eigenvalue weighted by molar-refractivity contribution is -0.150. The zero-order valence-electron chi connectivity index (χ0n) is 21.7. The normalized spacial score (nSPS) is 13.1. The van der Waals surface area contributed by atoms with E-state index in [2.05, 4.69) is 15.4 Å². The molecule has 0 aliphatic heterocycles. The van der Waals surface area contributed by atoms with E-state index >= 15 is 0 Å². The van der Waals surface area contributed by atoms with Gasteiger partial charge in [-0.2, -0.15) is 0 Å². The average molecular weight is 509 g/mol. The number of carbonyl (C=O) groups excluding carboxylic acids is 5. The second-order valence-electron chi connectivity index (χ2n) is 10.0. The number of nitrogens with one attached hydrogen (secondary N) is 2. The van der Waals surface area contributed by atoms with Gasteiger partial charge in [-0.3, -0.25) is 19.2 Å². The molecule has 4 amide bonds. The van der Waals surface area contributed by atoms with Crippen LogP contribution >= 0.6 is 0 Å². The first-order chi connectivity index (χ1) is 16.5. The monoisotopic (exact) mass is 508 g/mol. The summed E-state index contributed by atoms with van der Waals surface area (Å²) in [5, 5.41) is 15.3. The molecular formula is C24H36N4O8. The number of primary amides is 1. The summed E-state index contributed by atoms with van der Waals surface area (Å²) >= 11 is 0. The third kappa shape index (κ3) is 9.08. The number of nitrogens with zero attached hydrogens (tertiary/aromatic N) is 1. The van der Waals surface area contributed by atoms with Crippen LogP contribution in [-0.2, 0) is 28.7 Å². The predicted octanol–water partition coefficient (Wildman–Crippen LogP) is 1.12. The van der Waals surface area contributed by atoms with Crippen molar-refractivity contribution in [3.63, 3.8) is 0 Å². The molecule has 0 radical (unpaired) electrons. The van der Waals surface area contributed by atoms with Crippen LogP contribution in [0.2, 0.25) is 0 Å². The highest BCUT2D eigenvalue weighted by atomic mass is 16.6. The van der Waals surface area contributed by atoms with Crippen LogP contribution in [-0.4, -0.2) is 70.6 Å². The van der Waals surface area contributed by atoms with E-state index in [1.54, 1.807) is 47.6 Å². The third-order valence-corrected chi connectivity index (χ3v) is 4.73. The van der Waals surface area contributed by atoms with Gasteiger partial charge in [0.25, 0.3) is 0 Å². The number of ether oxygens (including phenoxy) is 2. The van der Waals surface area contributed by atoms with Gasteiger partial charge in [-0.1, -0.05) is 18.2 Å². The standard InChI is InChI=1S/C24H36N4O8/c1-23(2,3)28(21(33)15(12-17(25)30)27-22(34)36-24(4,5)6)19(14-10-8-9-11-16(14)29)20(32)26-13-18(31)35-7/h8-11,15,19,29H,12-13H2,1-7H3,(H2,25,30)(H,26,32)(H,27,34). The molecule has 0 saturated heterocycles. The predicted molar refractivity (Wildman–Crippen MR) is 129 cm³/mol. The van der Waals surface area contributed by atoms with Crippen molar-refractivity contribution >= 4 is 29.8 Å². The molecule has 2 unspecified atom stereocenters. The molecule has 0 aliphatic rings. The number of benzene rings is 1. The number of hydrogen-bond acceptors (Lipinski definition) is 8. The molecule has 1 rings (SSSR count). The number of methoxy groups -OCH3 is 1. The van der Waals surface area contributed by atoms with Crippen LogP contribution in [0, 0.1) is 0 Å². The molecule has 200 valence electrons. The van der Waals surface area contributed by atoms with Crippen LogP contribution in [0.3, 0.4) is 0 Å². The van der Waals surface area contributed by atoms with E-state index in [1.165, 1.54) is 18.2 Å². The van der Waals surface area contributed by atoms with E-state index < -0.39 is 66.0 Å². The Morgan fingerprint density at radius 1 is 1.06 bits per heavy atom. The van der Waals surface area contributed by atoms with Crippen molar-refractivity contribution in [2.45, 2.75) is 71.2 Å². The van der Waals surface area contributed by atoms with Gasteiger partial charge >= 0.3 is 12.1 Å². The van der Waals surface area contributed by atoms with E-state index in [-0.39, 0.29) is 11.3 Å². The minimum Gasteiger partial charge on any atom is -0.508 e. The fourth-order valence-electron chi connectivity index (χ4n) is 3.31. The number of rotatable bonds is 9. The lowest BCUT2D eigenvalue weighted by Crippen LogP contribution is -2.59. The Kier molecular flexibility index (Phi) is 10.3. The molecule has 0 bridgehead atoms. The number of phenols is 1. The molecule has 2 atom stereocenters. The topological polar surface area (TPSA) is 177 Å². The first-order valence-electron chi connectivity index (χ1n) is 11.2. The number of aromatic hydroxyl groups is 1. The van der Waals surface area contributed by atoms with Crippen molar-refractivity contribution in [3.8, 4) is 5.75 Å². The van der Waals surface area contributed by atoms with Crippen LogP contribution in [0.15, 0.2) is 24.3 Å². The fraction of sp³-hybridized carbons (Fsp3) is 0.542. The number of nitrogens with two attached hydrogens (primary N) is 1. The molecule has 0 fully saturated rings. The van der Waals surface area contributed by atoms with Gasteiger partial charge in [0, 0.05) is 11.1 Å². The van der Waals surface area contributed by atoms with Crippen LogP contribution in [0.5, 0.6) is 5.75 Å². The lowest BCUT2D eigenvalue weighted by atomic mass is 9.94. The number of carbonyl (C=O) groups is 5. The number of esters is 1. The van der Waals surface area contributed by atoms with E-state index in [4.69, 9.17) is 10.5 Å². The Labute approximate surface area is 210 Å². The first-order valence-corrected chi connectivity index (χ1v) is 11.2. The summed E-state index contributed by atoms with van der Waals surface area (Å²) in [4.78, 5) is 64.1. The SMILES string of the molecule is COC(=O)CNC(=O)C(c1ccccc1O)N(C(=O)C(CC(N)=O)NC(=O)OC(C)(C)C)C(C)(C)C. The quantitative estimate of drug-likeness (QED) is 0.358. The van der Waals surface area contributed by atoms with Crippen molar-refractivity contribution in [1.82, 2.24) is 15.5 Å². The molecule has 36 heavy (non-hydrogen) atoms. The minimum atomic E-state index is -1.49. The number of alkyl carbamates (subject to hydrolysis) is 1. The molecule has 1 aromatic carbocycles. The highest BCUT2D eigenvalue weighted by Gasteiger charge is 2.43. The second-order valence-corrected chi connectivity index (χ2v) is 10.0. The van der Waals surface area contributed by atoms with E-state index in [9.17, 15) is 29.1 Å². The summed E-state index contributed by atoms with van der Waals surface area (Å²) in [5.41, 5.74) is 3.42. The number of hydrogen-bond donors (Lipinski definition) is 4. The largest absolute Gasteiger partial charge is 0.508 e. The summed E-state index contributed by atoms with van der Waals surface area (Å²) in [5.74, 6) is -3.54. The van der Waals surface area contributed by atoms with Crippen LogP contribution in [0.1, 0.15) is 59.6 Å². The molecule has 12 nitrogen and oxygen atoms in total. The van der Waals surface area contributed by atoms with Crippen molar-refractivity contribution in [1.29, 1.82) is 0 Å². The van der Waals surface area contributed by atoms with Crippen molar-refractivity contribution in [2.75, 3.05) is 13.7 Å². The van der Waals surface area contributed by atoms with Crippen LogP contribution in [0.4, 0.5) is 4.79 Å². The third-order valence-electron chi connectivity index (χ3n) is 4.73. The molecular weight excluding hydrogens is 472 g/mol. The Balaban J connectivity index is 3.58. The van der Waals surface area contributed by atoms with Crippen molar-refractivity contribution < 1.29 is 38.6 Å². The number of phenolic OH excluding ortho intramolecular Hbond substituents is 1. The Hall–Kier alpha value is -3.83. The second kappa shape index (κ2) is 12.2. The van der Waals surface area contributed by atoms with Gasteiger partial charge in [-0.25, -0.2) is 4.79 Å². The number of amides is 4. The molecule has 12 heteroatoms. The zero-order valence-corrected chi connectivity index (χ0v) is 21.7. The molecule has 0 spiro atoms. The highest BCUT2D eigenvalue weighted by Crippen LogP contribution is 2.34. The van der Waals surface area contributed by atoms with Gasteiger partial charge in [0.15, 0.2) is 0 Å². The van der Waals surface area contributed by atoms with Gasteiger partial charge in [-0.05, 0) is 47.6 Å². The van der Waals surface area contributed by atoms with E-state index in [0.29, 0.717) is 0 Å². The Morgan fingerprint density at radius 2 is 1.64 bits per heavy atom. The fourth-order valence-corrected chi connectivity index (χ4v) is 3.31. The molecule has 0 saturated carbocycles. The van der Waals surface area contributed by atoms with E-state index in [0.717, 1.165) is 12.0 Å². The summed E-state index contributed by atoms with van der Waals surface area (Å²) in [7, 11) is 1.15. The summed E-state index contributed by atoms with van der Waals surface area (Å²) in [6.07, 6.45) is -1.55. The van der Waals surface area contributed by atoms with Crippen molar-refractivity contribution in [3.05, 3.63) is 29.8 Å². The van der Waals surface area contributed by atoms with Crippen LogP contribution < -0.4 is 16.4 Å². The Morgan fingerprint density at radius 3 is 2.11 bits per heavy atom. The molecule has 0 aromatic heterocycles. The van der Waals surface area contributed by atoms with E-state index in [1.807, 2.05) is 0 Å². The van der Waals surface area contributed by atoms with Gasteiger partial charge in [0.1, 0.15) is 30.0 Å². The van der Waals surface area contributed by atoms with Crippen molar-refractivity contribution in [2.24, 2.45) is 5.73 Å². The summed E-state index contributed by atoms with van der Waals surface area (Å²) < 4.78 is 9.76. The first kappa shape index (κ1) is 30.2. The maximum absolute atomic E-state index is 13.8. The van der Waals surface area contributed by atoms with Gasteiger partial charge in [-0.15, -0.1) is 0 Å². The highest BCUT2D eigenvalue weighted by molar-refractivity contribution is 5.95. The maximum Gasteiger partial charge on any atom is 0.408 e. The van der Waals surface area contributed by atoms with Gasteiger partial charge in [0.2, 0.25) is 17.7 Å². The Bertz CT molecular complexity index is 981. The number of para-hydroxylation sites is 1. The minimum absolute atomic E-state index is 0.0539. The molecule has 0 heterocycles. The van der Waals surface area contributed by atoms with Crippen LogP contribution in [0.25, 0.3) is 0 Å². The summed E-state index contributed by atoms with van der Waals surface area (Å²) in [6, 6.07) is 2.92. The maximum atomic E-state index is 13.8. The summed E-state index contributed by atoms with van der Waals surface area (Å²) in [6.45, 7) is 9.25. The van der Waals surface area contributed by atoms with Gasteiger partial charge < -0.3 is 35.8 Å². The zero-order chi connectivity index (χ0) is 27.8. The van der Waals surface area contributed by atoms with Gasteiger partial charge in [0.05, 0.1) is 13.5 Å². The molecule has 1 aromatic rings. The lowest BCUT2D eigenvalue weighted by Gasteiger charge is -2.43. The molecule has 0 aliphatic carbocycles. The smallest absolute Gasteiger partial charge is 0.408 e. The average Bonchev–Trinajstić information content (AvgIpc) is 2.72. The molecule has 5 N–H and O–H groups in total.